The molecule has 56 heavy (non-hydrogen) atoms. The topological polar surface area (TPSA) is 64.7 Å². The molecular formula is C50H30N4OS. The molecule has 262 valence electrons. The summed E-state index contributed by atoms with van der Waals surface area (Å²) in [5.74, 6) is 0. The highest BCUT2D eigenvalue weighted by Crippen LogP contribution is 2.40. The van der Waals surface area contributed by atoms with Gasteiger partial charge in [-0.15, -0.1) is 11.3 Å². The van der Waals surface area contributed by atoms with E-state index in [9.17, 15) is 0 Å². The molecule has 6 heteroatoms. The van der Waals surface area contributed by atoms with Gasteiger partial charge in [0, 0.05) is 37.7 Å². The van der Waals surface area contributed by atoms with Crippen molar-refractivity contribution in [1.29, 1.82) is 0 Å². The van der Waals surface area contributed by atoms with Gasteiger partial charge >= 0.3 is 0 Å². The van der Waals surface area contributed by atoms with E-state index in [0.29, 0.717) is 5.71 Å². The SMILES string of the molecule is c1ccc(-c2nc3oc4ccccc4c3nc2-c2cccc(-c3cccc(-c4cccc(-c5nc6c(nc5-c5ccccc5)sc5ccccc56)c4)c3)c2)cc1. The zero-order valence-electron chi connectivity index (χ0n) is 29.9. The van der Waals surface area contributed by atoms with Crippen molar-refractivity contribution in [2.24, 2.45) is 0 Å². The van der Waals surface area contributed by atoms with Gasteiger partial charge in [-0.05, 0) is 58.7 Å². The highest BCUT2D eigenvalue weighted by molar-refractivity contribution is 7.25. The molecule has 0 amide bonds. The van der Waals surface area contributed by atoms with Crippen molar-refractivity contribution < 1.29 is 4.42 Å². The second-order valence-corrected chi connectivity index (χ2v) is 14.9. The number of furan rings is 1. The predicted molar refractivity (Wildman–Crippen MR) is 230 cm³/mol. The molecule has 0 bridgehead atoms. The maximum Gasteiger partial charge on any atom is 0.246 e. The average molecular weight is 735 g/mol. The molecule has 11 rings (SSSR count). The summed E-state index contributed by atoms with van der Waals surface area (Å²) in [4.78, 5) is 21.8. The molecule has 0 spiro atoms. The van der Waals surface area contributed by atoms with Gasteiger partial charge in [0.05, 0.1) is 17.1 Å². The number of hydrogen-bond donors (Lipinski definition) is 0. The van der Waals surface area contributed by atoms with Gasteiger partial charge in [-0.3, -0.25) is 0 Å². The van der Waals surface area contributed by atoms with Crippen LogP contribution >= 0.6 is 11.3 Å². The van der Waals surface area contributed by atoms with Gasteiger partial charge < -0.3 is 4.42 Å². The van der Waals surface area contributed by atoms with Crippen molar-refractivity contribution in [2.45, 2.75) is 0 Å². The Morgan fingerprint density at radius 1 is 0.339 bits per heavy atom. The molecular weight excluding hydrogens is 705 g/mol. The van der Waals surface area contributed by atoms with Crippen LogP contribution in [0.3, 0.4) is 0 Å². The summed E-state index contributed by atoms with van der Waals surface area (Å²) < 4.78 is 7.36. The Labute approximate surface area is 326 Å². The fourth-order valence-electron chi connectivity index (χ4n) is 7.61. The third-order valence-corrected chi connectivity index (χ3v) is 11.4. The van der Waals surface area contributed by atoms with Crippen LogP contribution in [0.25, 0.3) is 110 Å². The molecule has 0 aliphatic rings. The Bertz CT molecular complexity index is 3040. The lowest BCUT2D eigenvalue weighted by Crippen LogP contribution is -1.95. The predicted octanol–water partition coefficient (Wildman–Crippen LogP) is 13.5. The number of benzene rings is 7. The average Bonchev–Trinajstić information content (AvgIpc) is 3.83. The highest BCUT2D eigenvalue weighted by atomic mass is 32.1. The fraction of sp³-hybridized carbons (Fsp3) is 0. The number of thiophene rings is 1. The molecule has 5 nitrogen and oxygen atoms in total. The van der Waals surface area contributed by atoms with Crippen molar-refractivity contribution >= 4 is 54.0 Å². The number of hydrogen-bond acceptors (Lipinski definition) is 6. The largest absolute Gasteiger partial charge is 0.436 e. The molecule has 0 atom stereocenters. The normalized spacial score (nSPS) is 11.6. The van der Waals surface area contributed by atoms with E-state index < -0.39 is 0 Å². The maximum absolute atomic E-state index is 6.17. The molecule has 7 aromatic carbocycles. The van der Waals surface area contributed by atoms with Crippen molar-refractivity contribution in [1.82, 2.24) is 19.9 Å². The first-order valence-electron chi connectivity index (χ1n) is 18.5. The van der Waals surface area contributed by atoms with Gasteiger partial charge in [0.15, 0.2) is 0 Å². The lowest BCUT2D eigenvalue weighted by atomic mass is 9.95. The van der Waals surface area contributed by atoms with Gasteiger partial charge in [0.2, 0.25) is 5.71 Å². The second kappa shape index (κ2) is 13.2. The van der Waals surface area contributed by atoms with Crippen LogP contribution in [0.5, 0.6) is 0 Å². The minimum Gasteiger partial charge on any atom is -0.436 e. The fourth-order valence-corrected chi connectivity index (χ4v) is 8.63. The molecule has 0 fully saturated rings. The number of para-hydroxylation sites is 1. The van der Waals surface area contributed by atoms with Gasteiger partial charge in [0.1, 0.15) is 27.1 Å². The van der Waals surface area contributed by atoms with Crippen LogP contribution in [-0.2, 0) is 0 Å². The Hall–Kier alpha value is -7.28. The van der Waals surface area contributed by atoms with Crippen LogP contribution in [0.2, 0.25) is 0 Å². The van der Waals surface area contributed by atoms with Crippen LogP contribution in [-0.4, -0.2) is 19.9 Å². The Morgan fingerprint density at radius 2 is 0.786 bits per heavy atom. The first kappa shape index (κ1) is 32.2. The van der Waals surface area contributed by atoms with E-state index >= 15 is 0 Å². The molecule has 0 unspecified atom stereocenters. The summed E-state index contributed by atoms with van der Waals surface area (Å²) in [7, 11) is 0. The van der Waals surface area contributed by atoms with Gasteiger partial charge in [-0.1, -0.05) is 146 Å². The number of nitrogens with zero attached hydrogens (tertiary/aromatic N) is 4. The molecule has 11 aromatic rings. The van der Waals surface area contributed by atoms with Gasteiger partial charge in [-0.25, -0.2) is 19.9 Å². The quantitative estimate of drug-likeness (QED) is 0.170. The molecule has 4 heterocycles. The van der Waals surface area contributed by atoms with Crippen LogP contribution < -0.4 is 0 Å². The lowest BCUT2D eigenvalue weighted by Gasteiger charge is -2.12. The standard InChI is InChI=1S/C50H30N4OS/c1-3-14-31(15-4-1)43-45(51-47-39-24-7-9-26-41(39)55-49(47)53-43)37-22-12-20-35(29-37)33-18-11-19-34(28-33)36-21-13-23-38(30-36)46-44(32-16-5-2-6-17-32)54-50-48(52-46)40-25-8-10-27-42(40)56-50/h1-30H. The lowest BCUT2D eigenvalue weighted by molar-refractivity contribution is 0.653. The second-order valence-electron chi connectivity index (χ2n) is 13.8. The summed E-state index contributed by atoms with van der Waals surface area (Å²) in [5.41, 5.74) is 14.8. The zero-order valence-corrected chi connectivity index (χ0v) is 30.7. The van der Waals surface area contributed by atoms with Crippen molar-refractivity contribution in [2.75, 3.05) is 0 Å². The Balaban J connectivity index is 1.01. The first-order chi connectivity index (χ1) is 27.7. The highest BCUT2D eigenvalue weighted by Gasteiger charge is 2.20. The van der Waals surface area contributed by atoms with E-state index in [1.165, 1.54) is 4.70 Å². The molecule has 0 aliphatic carbocycles. The smallest absolute Gasteiger partial charge is 0.246 e. The van der Waals surface area contributed by atoms with E-state index in [-0.39, 0.29) is 0 Å². The minimum atomic E-state index is 0.533. The van der Waals surface area contributed by atoms with Crippen LogP contribution in [0.4, 0.5) is 0 Å². The maximum atomic E-state index is 6.17. The molecule has 0 N–H and O–H groups in total. The van der Waals surface area contributed by atoms with Gasteiger partial charge in [0.25, 0.3) is 0 Å². The molecule has 0 radical (unpaired) electrons. The minimum absolute atomic E-state index is 0.533. The van der Waals surface area contributed by atoms with E-state index in [1.807, 2.05) is 48.5 Å². The van der Waals surface area contributed by atoms with Gasteiger partial charge in [-0.2, -0.15) is 0 Å². The number of fused-ring (bicyclic) bond motifs is 6. The summed E-state index contributed by atoms with van der Waals surface area (Å²) in [5, 5.41) is 2.08. The van der Waals surface area contributed by atoms with E-state index in [1.54, 1.807) is 11.3 Å². The summed E-state index contributed by atoms with van der Waals surface area (Å²) in [6.07, 6.45) is 0. The molecule has 0 aliphatic heterocycles. The summed E-state index contributed by atoms with van der Waals surface area (Å²) in [6, 6.07) is 62.9. The summed E-state index contributed by atoms with van der Waals surface area (Å²) >= 11 is 1.69. The third kappa shape index (κ3) is 5.54. The van der Waals surface area contributed by atoms with Crippen LogP contribution in [0.15, 0.2) is 186 Å². The molecule has 0 saturated heterocycles. The summed E-state index contributed by atoms with van der Waals surface area (Å²) in [6.45, 7) is 0. The van der Waals surface area contributed by atoms with Crippen molar-refractivity contribution in [3.8, 4) is 67.3 Å². The molecule has 0 saturated carbocycles. The van der Waals surface area contributed by atoms with E-state index in [4.69, 9.17) is 24.4 Å². The zero-order chi connectivity index (χ0) is 37.0. The van der Waals surface area contributed by atoms with Crippen molar-refractivity contribution in [3.63, 3.8) is 0 Å². The van der Waals surface area contributed by atoms with E-state index in [2.05, 4.69) is 133 Å². The first-order valence-corrected chi connectivity index (χ1v) is 19.4. The third-order valence-electron chi connectivity index (χ3n) is 10.3. The van der Waals surface area contributed by atoms with Crippen LogP contribution in [0.1, 0.15) is 0 Å². The Morgan fingerprint density at radius 3 is 1.41 bits per heavy atom. The number of rotatable bonds is 6. The van der Waals surface area contributed by atoms with Crippen molar-refractivity contribution in [3.05, 3.63) is 182 Å². The Kier molecular flexibility index (Phi) is 7.60. The van der Waals surface area contributed by atoms with E-state index in [0.717, 1.165) is 99.5 Å². The number of aromatic nitrogens is 4. The monoisotopic (exact) mass is 734 g/mol. The molecule has 4 aromatic heterocycles. The van der Waals surface area contributed by atoms with Crippen LogP contribution in [0, 0.1) is 0 Å².